The summed E-state index contributed by atoms with van der Waals surface area (Å²) in [5.74, 6) is -0.416. The van der Waals surface area contributed by atoms with E-state index in [0.717, 1.165) is 19.6 Å². The van der Waals surface area contributed by atoms with Gasteiger partial charge in [-0.1, -0.05) is 11.6 Å². The molecule has 0 aromatic carbocycles. The highest BCUT2D eigenvalue weighted by atomic mass is 35.5. The molecule has 0 aliphatic carbocycles. The molecule has 2 rings (SSSR count). The van der Waals surface area contributed by atoms with Crippen LogP contribution in [0.15, 0.2) is 12.1 Å². The first-order valence-electron chi connectivity index (χ1n) is 5.84. The summed E-state index contributed by atoms with van der Waals surface area (Å²) in [6.45, 7) is 4.82. The molecule has 98 valence electrons. The Kier molecular flexibility index (Phi) is 3.73. The maximum atomic E-state index is 11.0. The number of halogens is 1. The van der Waals surface area contributed by atoms with Gasteiger partial charge < -0.3 is 14.9 Å². The smallest absolute Gasteiger partial charge is 0.356 e. The van der Waals surface area contributed by atoms with Crippen molar-refractivity contribution in [2.45, 2.75) is 13.0 Å². The molecule has 1 saturated heterocycles. The van der Waals surface area contributed by atoms with E-state index in [0.29, 0.717) is 11.9 Å². The van der Waals surface area contributed by atoms with Crippen molar-refractivity contribution in [3.05, 3.63) is 22.8 Å². The van der Waals surface area contributed by atoms with Crippen molar-refractivity contribution in [2.24, 2.45) is 0 Å². The van der Waals surface area contributed by atoms with Crippen molar-refractivity contribution in [1.29, 1.82) is 0 Å². The highest BCUT2D eigenvalue weighted by Crippen LogP contribution is 2.22. The van der Waals surface area contributed by atoms with E-state index in [4.69, 9.17) is 16.7 Å². The Bertz CT molecular complexity index is 467. The van der Waals surface area contributed by atoms with Crippen molar-refractivity contribution < 1.29 is 9.90 Å². The summed E-state index contributed by atoms with van der Waals surface area (Å²) in [4.78, 5) is 19.5. The van der Waals surface area contributed by atoms with Gasteiger partial charge in [0.25, 0.3) is 0 Å². The van der Waals surface area contributed by atoms with Crippen molar-refractivity contribution >= 4 is 23.4 Å². The van der Waals surface area contributed by atoms with E-state index in [1.54, 1.807) is 12.1 Å². The van der Waals surface area contributed by atoms with Gasteiger partial charge in [0.05, 0.1) is 5.02 Å². The summed E-state index contributed by atoms with van der Waals surface area (Å²) >= 11 is 5.82. The molecule has 2 heterocycles. The van der Waals surface area contributed by atoms with Crippen molar-refractivity contribution in [3.8, 4) is 0 Å². The molecular weight excluding hydrogens is 254 g/mol. The Morgan fingerprint density at radius 1 is 1.50 bits per heavy atom. The Labute approximate surface area is 111 Å². The first-order valence-corrected chi connectivity index (χ1v) is 6.22. The molecule has 1 aromatic heterocycles. The van der Waals surface area contributed by atoms with Crippen LogP contribution in [0.4, 0.5) is 5.82 Å². The van der Waals surface area contributed by atoms with E-state index in [1.165, 1.54) is 0 Å². The second kappa shape index (κ2) is 5.12. The van der Waals surface area contributed by atoms with Crippen molar-refractivity contribution in [1.82, 2.24) is 9.88 Å². The molecule has 0 radical (unpaired) electrons. The molecule has 5 nitrogen and oxygen atoms in total. The molecule has 0 bridgehead atoms. The molecule has 1 aromatic rings. The van der Waals surface area contributed by atoms with Crippen molar-refractivity contribution in [3.63, 3.8) is 0 Å². The monoisotopic (exact) mass is 269 g/mol. The van der Waals surface area contributed by atoms with Gasteiger partial charge in [0.15, 0.2) is 5.69 Å². The van der Waals surface area contributed by atoms with Crippen LogP contribution in [0.3, 0.4) is 0 Å². The Morgan fingerprint density at radius 2 is 2.22 bits per heavy atom. The van der Waals surface area contributed by atoms with Crippen LogP contribution in [0.5, 0.6) is 0 Å². The summed E-state index contributed by atoms with van der Waals surface area (Å²) in [7, 11) is 2.08. The van der Waals surface area contributed by atoms with Gasteiger partial charge in [-0.3, -0.25) is 0 Å². The Balaban J connectivity index is 2.28. The number of hydrogen-bond acceptors (Lipinski definition) is 4. The van der Waals surface area contributed by atoms with Gasteiger partial charge >= 0.3 is 5.97 Å². The molecule has 1 N–H and O–H groups in total. The zero-order chi connectivity index (χ0) is 13.3. The summed E-state index contributed by atoms with van der Waals surface area (Å²) in [5, 5.41) is 9.20. The molecule has 1 aliphatic rings. The quantitative estimate of drug-likeness (QED) is 0.883. The molecule has 1 unspecified atom stereocenters. The number of carbonyl (C=O) groups is 1. The highest BCUT2D eigenvalue weighted by Gasteiger charge is 2.23. The lowest BCUT2D eigenvalue weighted by Gasteiger charge is -2.39. The molecule has 0 spiro atoms. The van der Waals surface area contributed by atoms with Crippen LogP contribution in [0.1, 0.15) is 17.4 Å². The maximum Gasteiger partial charge on any atom is 0.356 e. The summed E-state index contributed by atoms with van der Waals surface area (Å²) in [6, 6.07) is 3.67. The lowest BCUT2D eigenvalue weighted by Crippen LogP contribution is -2.50. The summed E-state index contributed by atoms with van der Waals surface area (Å²) < 4.78 is 0. The fraction of sp³-hybridized carbons (Fsp3) is 0.500. The third-order valence-electron chi connectivity index (χ3n) is 3.16. The molecule has 18 heavy (non-hydrogen) atoms. The zero-order valence-corrected chi connectivity index (χ0v) is 11.2. The number of anilines is 1. The zero-order valence-electron chi connectivity index (χ0n) is 10.4. The molecule has 6 heteroatoms. The standard InChI is InChI=1S/C12H16ClN3O2/c1-8-7-15(2)5-6-16(8)10-4-3-9(13)11(14-10)12(17)18/h3-4,8H,5-7H2,1-2H3,(H,17,18). The second-order valence-corrected chi connectivity index (χ2v) is 5.02. The predicted octanol–water partition coefficient (Wildman–Crippen LogP) is 1.57. The molecule has 0 saturated carbocycles. The van der Waals surface area contributed by atoms with Gasteiger partial charge in [-0.05, 0) is 26.1 Å². The van der Waals surface area contributed by atoms with Crippen LogP contribution >= 0.6 is 11.6 Å². The maximum absolute atomic E-state index is 11.0. The number of likely N-dealkylation sites (N-methyl/N-ethyl adjacent to an activating group) is 1. The number of carboxylic acids is 1. The number of piperazine rings is 1. The number of carboxylic acid groups (broad SMARTS) is 1. The number of nitrogens with zero attached hydrogens (tertiary/aromatic N) is 3. The molecule has 0 amide bonds. The molecule has 1 aliphatic heterocycles. The van der Waals surface area contributed by atoms with E-state index < -0.39 is 5.97 Å². The highest BCUT2D eigenvalue weighted by molar-refractivity contribution is 6.33. The van der Waals surface area contributed by atoms with Crippen LogP contribution in [-0.4, -0.2) is 53.7 Å². The lowest BCUT2D eigenvalue weighted by atomic mass is 10.2. The van der Waals surface area contributed by atoms with Gasteiger partial charge in [-0.25, -0.2) is 9.78 Å². The van der Waals surface area contributed by atoms with Crippen molar-refractivity contribution in [2.75, 3.05) is 31.6 Å². The third kappa shape index (κ3) is 2.57. The average Bonchev–Trinajstić information content (AvgIpc) is 2.30. The van der Waals surface area contributed by atoms with E-state index in [-0.39, 0.29) is 10.7 Å². The minimum absolute atomic E-state index is 0.0831. The topological polar surface area (TPSA) is 56.7 Å². The van der Waals surface area contributed by atoms with Gasteiger partial charge in [0.1, 0.15) is 5.82 Å². The van der Waals surface area contributed by atoms with Crippen LogP contribution < -0.4 is 4.90 Å². The largest absolute Gasteiger partial charge is 0.476 e. The summed E-state index contributed by atoms with van der Waals surface area (Å²) in [5.41, 5.74) is -0.0831. The third-order valence-corrected chi connectivity index (χ3v) is 3.46. The van der Waals surface area contributed by atoms with Gasteiger partial charge in [-0.15, -0.1) is 0 Å². The van der Waals surface area contributed by atoms with Crippen LogP contribution in [-0.2, 0) is 0 Å². The van der Waals surface area contributed by atoms with Gasteiger partial charge in [-0.2, -0.15) is 0 Å². The van der Waals surface area contributed by atoms with Crippen LogP contribution in [0, 0.1) is 0 Å². The second-order valence-electron chi connectivity index (χ2n) is 4.61. The number of pyridine rings is 1. The number of aromatic nitrogens is 1. The number of aromatic carboxylic acids is 1. The normalized spacial score (nSPS) is 21.1. The number of rotatable bonds is 2. The fourth-order valence-electron chi connectivity index (χ4n) is 2.22. The molecule has 1 atom stereocenters. The molecular formula is C12H16ClN3O2. The SMILES string of the molecule is CC1CN(C)CCN1c1ccc(Cl)c(C(=O)O)n1. The molecule has 1 fully saturated rings. The Hall–Kier alpha value is -1.33. The minimum Gasteiger partial charge on any atom is -0.476 e. The van der Waals surface area contributed by atoms with Crippen LogP contribution in [0.25, 0.3) is 0 Å². The fourth-order valence-corrected chi connectivity index (χ4v) is 2.41. The first kappa shape index (κ1) is 13.1. The Morgan fingerprint density at radius 3 is 2.83 bits per heavy atom. The van der Waals surface area contributed by atoms with Crippen LogP contribution in [0.2, 0.25) is 5.02 Å². The van der Waals surface area contributed by atoms with E-state index in [1.807, 2.05) is 0 Å². The summed E-state index contributed by atoms with van der Waals surface area (Å²) in [6.07, 6.45) is 0. The van der Waals surface area contributed by atoms with Gasteiger partial charge in [0, 0.05) is 25.7 Å². The minimum atomic E-state index is -1.09. The van der Waals surface area contributed by atoms with E-state index >= 15 is 0 Å². The first-order chi connectivity index (χ1) is 8.49. The predicted molar refractivity (Wildman–Crippen MR) is 70.5 cm³/mol. The van der Waals surface area contributed by atoms with Gasteiger partial charge in [0.2, 0.25) is 0 Å². The van der Waals surface area contributed by atoms with E-state index in [2.05, 4.69) is 28.8 Å². The average molecular weight is 270 g/mol. The lowest BCUT2D eigenvalue weighted by molar-refractivity contribution is 0.0690. The number of hydrogen-bond donors (Lipinski definition) is 1. The van der Waals surface area contributed by atoms with E-state index in [9.17, 15) is 4.79 Å².